The van der Waals surface area contributed by atoms with Crippen LogP contribution in [0.4, 0.5) is 17.1 Å². The van der Waals surface area contributed by atoms with Gasteiger partial charge in [-0.1, -0.05) is 170 Å². The van der Waals surface area contributed by atoms with Gasteiger partial charge in [0, 0.05) is 44.2 Å². The minimum Gasteiger partial charge on any atom is -0.310 e. The highest BCUT2D eigenvalue weighted by Crippen LogP contribution is 2.46. The van der Waals surface area contributed by atoms with Crippen LogP contribution in [0.3, 0.4) is 0 Å². The molecule has 0 aliphatic rings. The van der Waals surface area contributed by atoms with Gasteiger partial charge in [-0.15, -0.1) is 0 Å². The molecule has 0 atom stereocenters. The van der Waals surface area contributed by atoms with Crippen molar-refractivity contribution in [2.24, 2.45) is 0 Å². The first-order chi connectivity index (χ1) is 27.8. The van der Waals surface area contributed by atoms with Crippen LogP contribution in [0.15, 0.2) is 218 Å². The van der Waals surface area contributed by atoms with Crippen molar-refractivity contribution in [2.75, 3.05) is 4.90 Å². The number of rotatable bonds is 6. The molecule has 2 heteroatoms. The molecule has 1 heterocycles. The van der Waals surface area contributed by atoms with Crippen molar-refractivity contribution in [2.45, 2.75) is 0 Å². The summed E-state index contributed by atoms with van der Waals surface area (Å²) in [5.41, 5.74) is 11.6. The van der Waals surface area contributed by atoms with Crippen LogP contribution in [0.25, 0.3) is 82.1 Å². The Kier molecular flexibility index (Phi) is 7.53. The number of benzene rings is 10. The van der Waals surface area contributed by atoms with Crippen LogP contribution in [0, 0.1) is 0 Å². The highest BCUT2D eigenvalue weighted by atomic mass is 15.1. The van der Waals surface area contributed by atoms with Crippen molar-refractivity contribution < 1.29 is 0 Å². The van der Waals surface area contributed by atoms with Crippen molar-refractivity contribution in [1.29, 1.82) is 0 Å². The van der Waals surface area contributed by atoms with Crippen LogP contribution >= 0.6 is 0 Å². The van der Waals surface area contributed by atoms with Crippen LogP contribution in [-0.4, -0.2) is 4.57 Å². The number of fused-ring (bicyclic) bond motifs is 10. The lowest BCUT2D eigenvalue weighted by Crippen LogP contribution is -2.11. The average Bonchev–Trinajstić information content (AvgIpc) is 3.63. The highest BCUT2D eigenvalue weighted by molar-refractivity contribution is 6.36. The molecule has 56 heavy (non-hydrogen) atoms. The number of anilines is 3. The number of para-hydroxylation sites is 2. The SMILES string of the molecule is c1ccc(-c2ccc(N(c3ccc(-n4c5ccccc5c5c6c7ccccc7ccc6c6ccccc6c54)cc3)c3ccccc3-c3ccccc3)cc2)cc1. The fourth-order valence-corrected chi connectivity index (χ4v) is 8.85. The molecule has 0 spiro atoms. The third-order valence-electron chi connectivity index (χ3n) is 11.4. The fraction of sp³-hybridized carbons (Fsp3) is 0. The normalized spacial score (nSPS) is 11.6. The monoisotopic (exact) mass is 712 g/mol. The fourth-order valence-electron chi connectivity index (χ4n) is 8.85. The molecule has 0 fully saturated rings. The Bertz CT molecular complexity index is 3210. The molecule has 0 aliphatic heterocycles. The Morgan fingerprint density at radius 2 is 0.875 bits per heavy atom. The van der Waals surface area contributed by atoms with Gasteiger partial charge in [0.15, 0.2) is 0 Å². The second-order valence-electron chi connectivity index (χ2n) is 14.5. The summed E-state index contributed by atoms with van der Waals surface area (Å²) in [6.07, 6.45) is 0. The van der Waals surface area contributed by atoms with Gasteiger partial charge in [-0.3, -0.25) is 0 Å². The van der Waals surface area contributed by atoms with Gasteiger partial charge in [-0.05, 0) is 86.8 Å². The molecule has 262 valence electrons. The molecule has 11 aromatic rings. The van der Waals surface area contributed by atoms with Crippen LogP contribution < -0.4 is 4.90 Å². The maximum atomic E-state index is 2.48. The van der Waals surface area contributed by atoms with E-state index in [-0.39, 0.29) is 0 Å². The summed E-state index contributed by atoms with van der Waals surface area (Å²) in [4.78, 5) is 2.39. The summed E-state index contributed by atoms with van der Waals surface area (Å²) in [5.74, 6) is 0. The molecule has 1 aromatic heterocycles. The molecular formula is C54H36N2. The second-order valence-corrected chi connectivity index (χ2v) is 14.5. The van der Waals surface area contributed by atoms with Crippen LogP contribution in [0.2, 0.25) is 0 Å². The van der Waals surface area contributed by atoms with Gasteiger partial charge in [0.1, 0.15) is 0 Å². The summed E-state index contributed by atoms with van der Waals surface area (Å²) in [6, 6.07) is 79.3. The van der Waals surface area contributed by atoms with Gasteiger partial charge in [0.25, 0.3) is 0 Å². The van der Waals surface area contributed by atoms with E-state index in [0.29, 0.717) is 0 Å². The van der Waals surface area contributed by atoms with E-state index in [1.165, 1.54) is 76.4 Å². The van der Waals surface area contributed by atoms with E-state index in [2.05, 4.69) is 228 Å². The summed E-state index contributed by atoms with van der Waals surface area (Å²) >= 11 is 0. The zero-order valence-corrected chi connectivity index (χ0v) is 30.7. The summed E-state index contributed by atoms with van der Waals surface area (Å²) < 4.78 is 2.48. The molecule has 0 saturated carbocycles. The number of hydrogen-bond acceptors (Lipinski definition) is 1. The lowest BCUT2D eigenvalue weighted by Gasteiger charge is -2.28. The Morgan fingerprint density at radius 3 is 1.62 bits per heavy atom. The summed E-state index contributed by atoms with van der Waals surface area (Å²) in [7, 11) is 0. The Balaban J connectivity index is 1.14. The van der Waals surface area contributed by atoms with E-state index >= 15 is 0 Å². The van der Waals surface area contributed by atoms with Crippen LogP contribution in [0.1, 0.15) is 0 Å². The predicted octanol–water partition coefficient (Wildman–Crippen LogP) is 15.0. The molecule has 10 aromatic carbocycles. The van der Waals surface area contributed by atoms with Crippen molar-refractivity contribution in [3.63, 3.8) is 0 Å². The van der Waals surface area contributed by atoms with Crippen molar-refractivity contribution in [1.82, 2.24) is 4.57 Å². The summed E-state index contributed by atoms with van der Waals surface area (Å²) in [5, 5.41) is 10.2. The quantitative estimate of drug-likeness (QED) is 0.156. The third kappa shape index (κ3) is 5.11. The average molecular weight is 713 g/mol. The number of nitrogens with zero attached hydrogens (tertiary/aromatic N) is 2. The smallest absolute Gasteiger partial charge is 0.0626 e. The second kappa shape index (κ2) is 13.2. The minimum atomic E-state index is 1.09. The van der Waals surface area contributed by atoms with Gasteiger partial charge in [0.2, 0.25) is 0 Å². The standard InChI is InChI=1S/C54H36N2/c1-3-15-37(16-4-1)38-27-30-41(31-28-38)55(50-25-13-11-20-44(50)39-17-5-2-6-18-39)42-32-34-43(35-33-42)56-51-26-14-12-24-49(51)53-52-45-21-8-7-19-40(45)29-36-47(52)46-22-9-10-23-48(46)54(53)56/h1-36H. The number of hydrogen-bond donors (Lipinski definition) is 0. The molecule has 0 radical (unpaired) electrons. The zero-order valence-electron chi connectivity index (χ0n) is 30.7. The highest BCUT2D eigenvalue weighted by Gasteiger charge is 2.21. The topological polar surface area (TPSA) is 8.17 Å². The largest absolute Gasteiger partial charge is 0.310 e. The molecule has 0 saturated heterocycles. The van der Waals surface area contributed by atoms with Crippen LogP contribution in [0.5, 0.6) is 0 Å². The molecular weight excluding hydrogens is 677 g/mol. The van der Waals surface area contributed by atoms with Gasteiger partial charge in [-0.2, -0.15) is 0 Å². The van der Waals surface area contributed by atoms with E-state index in [9.17, 15) is 0 Å². The van der Waals surface area contributed by atoms with Gasteiger partial charge in [0.05, 0.1) is 16.7 Å². The zero-order chi connectivity index (χ0) is 37.0. The number of aromatic nitrogens is 1. The Labute approximate surface area is 325 Å². The maximum Gasteiger partial charge on any atom is 0.0626 e. The van der Waals surface area contributed by atoms with E-state index in [4.69, 9.17) is 0 Å². The first kappa shape index (κ1) is 32.0. The Morgan fingerprint density at radius 1 is 0.321 bits per heavy atom. The van der Waals surface area contributed by atoms with Crippen molar-refractivity contribution in [3.8, 4) is 27.9 Å². The first-order valence-corrected chi connectivity index (χ1v) is 19.3. The predicted molar refractivity (Wildman–Crippen MR) is 239 cm³/mol. The molecule has 0 amide bonds. The van der Waals surface area contributed by atoms with Crippen molar-refractivity contribution >= 4 is 71.2 Å². The molecule has 0 bridgehead atoms. The molecule has 0 aliphatic carbocycles. The molecule has 0 N–H and O–H groups in total. The van der Waals surface area contributed by atoms with E-state index < -0.39 is 0 Å². The van der Waals surface area contributed by atoms with E-state index in [1.807, 2.05) is 0 Å². The molecule has 2 nitrogen and oxygen atoms in total. The van der Waals surface area contributed by atoms with Crippen molar-refractivity contribution in [3.05, 3.63) is 218 Å². The van der Waals surface area contributed by atoms with Gasteiger partial charge >= 0.3 is 0 Å². The first-order valence-electron chi connectivity index (χ1n) is 19.3. The van der Waals surface area contributed by atoms with Gasteiger partial charge in [-0.25, -0.2) is 0 Å². The minimum absolute atomic E-state index is 1.09. The molecule has 0 unspecified atom stereocenters. The van der Waals surface area contributed by atoms with Gasteiger partial charge < -0.3 is 9.47 Å². The van der Waals surface area contributed by atoms with E-state index in [0.717, 1.165) is 22.7 Å². The van der Waals surface area contributed by atoms with E-state index in [1.54, 1.807) is 0 Å². The lowest BCUT2D eigenvalue weighted by molar-refractivity contribution is 1.18. The van der Waals surface area contributed by atoms with Crippen LogP contribution in [-0.2, 0) is 0 Å². The maximum absolute atomic E-state index is 2.48. The third-order valence-corrected chi connectivity index (χ3v) is 11.4. The Hall–Kier alpha value is -7.42. The molecule has 11 rings (SSSR count). The summed E-state index contributed by atoms with van der Waals surface area (Å²) in [6.45, 7) is 0. The lowest BCUT2D eigenvalue weighted by atomic mass is 9.93.